The Kier molecular flexibility index (Phi) is 3.81. The molecule has 1 unspecified atom stereocenters. The van der Waals surface area contributed by atoms with Crippen LogP contribution in [0.4, 0.5) is 0 Å². The van der Waals surface area contributed by atoms with Gasteiger partial charge < -0.3 is 16.3 Å². The normalized spacial score (nSPS) is 19.5. The average Bonchev–Trinajstić information content (AvgIpc) is 3.17. The Labute approximate surface area is 107 Å². The van der Waals surface area contributed by atoms with Crippen LogP contribution in [0.5, 0.6) is 0 Å². The van der Waals surface area contributed by atoms with E-state index in [1.165, 1.54) is 5.56 Å². The first-order chi connectivity index (χ1) is 8.65. The number of pyridine rings is 1. The van der Waals surface area contributed by atoms with E-state index in [-0.39, 0.29) is 11.5 Å². The molecule has 1 heterocycles. The second-order valence-electron chi connectivity index (χ2n) is 5.16. The van der Waals surface area contributed by atoms with Crippen molar-refractivity contribution in [2.45, 2.75) is 32.2 Å². The van der Waals surface area contributed by atoms with Crippen molar-refractivity contribution < 1.29 is 5.21 Å². The first-order valence-corrected chi connectivity index (χ1v) is 6.25. The monoisotopic (exact) mass is 248 g/mol. The van der Waals surface area contributed by atoms with Gasteiger partial charge in [0.1, 0.15) is 5.84 Å². The third kappa shape index (κ3) is 3.20. The van der Waals surface area contributed by atoms with E-state index in [1.54, 1.807) is 6.20 Å². The number of nitrogens with zero attached hydrogens (tertiary/aromatic N) is 2. The summed E-state index contributed by atoms with van der Waals surface area (Å²) in [7, 11) is 0. The van der Waals surface area contributed by atoms with Crippen molar-refractivity contribution in [1.82, 2.24) is 10.3 Å². The number of rotatable bonds is 6. The summed E-state index contributed by atoms with van der Waals surface area (Å²) in [6, 6.07) is 4.27. The highest BCUT2D eigenvalue weighted by atomic mass is 16.4. The van der Waals surface area contributed by atoms with Crippen molar-refractivity contribution >= 4 is 5.84 Å². The number of nitrogens with one attached hydrogen (secondary N) is 1. The van der Waals surface area contributed by atoms with Crippen LogP contribution >= 0.6 is 0 Å². The third-order valence-corrected chi connectivity index (χ3v) is 3.61. The molecule has 1 saturated carbocycles. The average molecular weight is 248 g/mol. The highest BCUT2D eigenvalue weighted by molar-refractivity contribution is 5.80. The van der Waals surface area contributed by atoms with Crippen molar-refractivity contribution in [1.29, 1.82) is 0 Å². The Hall–Kier alpha value is -1.62. The maximum atomic E-state index is 8.62. The van der Waals surface area contributed by atoms with E-state index in [9.17, 15) is 0 Å². The minimum Gasteiger partial charge on any atom is -0.409 e. The molecule has 1 aromatic rings. The third-order valence-electron chi connectivity index (χ3n) is 3.61. The van der Waals surface area contributed by atoms with Crippen LogP contribution in [0.2, 0.25) is 0 Å². The molecule has 0 saturated heterocycles. The molecule has 5 heteroatoms. The second kappa shape index (κ2) is 5.35. The Morgan fingerprint density at radius 1 is 1.67 bits per heavy atom. The second-order valence-corrected chi connectivity index (χ2v) is 5.16. The van der Waals surface area contributed by atoms with E-state index in [0.29, 0.717) is 12.3 Å². The number of aromatic nitrogens is 1. The summed E-state index contributed by atoms with van der Waals surface area (Å²) < 4.78 is 0. The highest BCUT2D eigenvalue weighted by Crippen LogP contribution is 2.48. The standard InChI is InChI=1S/C13H20N4O/c1-10(11-3-2-6-15-8-11)16-9-13(4-5-13)7-12(14)17-18/h2-3,6,8,10,16,18H,4-5,7,9H2,1H3,(H2,14,17). The van der Waals surface area contributed by atoms with Crippen LogP contribution in [0.3, 0.4) is 0 Å². The molecule has 0 aliphatic heterocycles. The maximum absolute atomic E-state index is 8.62. The predicted octanol–water partition coefficient (Wildman–Crippen LogP) is 1.65. The van der Waals surface area contributed by atoms with Crippen molar-refractivity contribution in [3.05, 3.63) is 30.1 Å². The van der Waals surface area contributed by atoms with Crippen LogP contribution in [-0.4, -0.2) is 22.6 Å². The van der Waals surface area contributed by atoms with Gasteiger partial charge in [-0.2, -0.15) is 0 Å². The lowest BCUT2D eigenvalue weighted by molar-refractivity contribution is 0.313. The van der Waals surface area contributed by atoms with Crippen molar-refractivity contribution in [2.24, 2.45) is 16.3 Å². The molecular weight excluding hydrogens is 228 g/mol. The van der Waals surface area contributed by atoms with Gasteiger partial charge in [-0.15, -0.1) is 0 Å². The maximum Gasteiger partial charge on any atom is 0.139 e. The van der Waals surface area contributed by atoms with Gasteiger partial charge in [0.05, 0.1) is 0 Å². The zero-order valence-corrected chi connectivity index (χ0v) is 10.6. The summed E-state index contributed by atoms with van der Waals surface area (Å²) >= 11 is 0. The molecule has 2 rings (SSSR count). The highest BCUT2D eigenvalue weighted by Gasteiger charge is 2.43. The van der Waals surface area contributed by atoms with Crippen molar-refractivity contribution in [3.8, 4) is 0 Å². The van der Waals surface area contributed by atoms with Crippen molar-refractivity contribution in [3.63, 3.8) is 0 Å². The molecule has 1 fully saturated rings. The number of nitrogens with two attached hydrogens (primary N) is 1. The number of hydrogen-bond donors (Lipinski definition) is 3. The molecule has 18 heavy (non-hydrogen) atoms. The fourth-order valence-corrected chi connectivity index (χ4v) is 2.13. The molecule has 98 valence electrons. The summed E-state index contributed by atoms with van der Waals surface area (Å²) in [5.41, 5.74) is 6.94. The molecule has 1 aliphatic rings. The molecule has 0 radical (unpaired) electrons. The quantitative estimate of drug-likeness (QED) is 0.309. The Morgan fingerprint density at radius 2 is 2.44 bits per heavy atom. The van der Waals surface area contributed by atoms with E-state index in [0.717, 1.165) is 19.4 Å². The van der Waals surface area contributed by atoms with Gasteiger partial charge in [-0.3, -0.25) is 4.98 Å². The largest absolute Gasteiger partial charge is 0.409 e. The predicted molar refractivity (Wildman–Crippen MR) is 70.3 cm³/mol. The van der Waals surface area contributed by atoms with Crippen LogP contribution in [0.1, 0.15) is 37.8 Å². The number of amidine groups is 1. The molecule has 0 spiro atoms. The summed E-state index contributed by atoms with van der Waals surface area (Å²) in [5.74, 6) is 0.323. The molecule has 1 aromatic heterocycles. The van der Waals surface area contributed by atoms with E-state index in [1.807, 2.05) is 12.3 Å². The van der Waals surface area contributed by atoms with Gasteiger partial charge in [0.25, 0.3) is 0 Å². The first kappa shape index (κ1) is 12.8. The van der Waals surface area contributed by atoms with Gasteiger partial charge in [-0.05, 0) is 36.8 Å². The lowest BCUT2D eigenvalue weighted by atomic mass is 10.0. The van der Waals surface area contributed by atoms with Crippen LogP contribution < -0.4 is 11.1 Å². The van der Waals surface area contributed by atoms with E-state index < -0.39 is 0 Å². The van der Waals surface area contributed by atoms with E-state index in [2.05, 4.69) is 28.4 Å². The molecule has 0 aromatic carbocycles. The van der Waals surface area contributed by atoms with Gasteiger partial charge in [0.2, 0.25) is 0 Å². The Bertz CT molecular complexity index is 414. The van der Waals surface area contributed by atoms with E-state index >= 15 is 0 Å². The zero-order valence-electron chi connectivity index (χ0n) is 10.6. The smallest absolute Gasteiger partial charge is 0.139 e. The fraction of sp³-hybridized carbons (Fsp3) is 0.538. The van der Waals surface area contributed by atoms with Gasteiger partial charge >= 0.3 is 0 Å². The van der Waals surface area contributed by atoms with Crippen LogP contribution in [-0.2, 0) is 0 Å². The van der Waals surface area contributed by atoms with Crippen molar-refractivity contribution in [2.75, 3.05) is 6.54 Å². The molecule has 4 N–H and O–H groups in total. The summed E-state index contributed by atoms with van der Waals surface area (Å²) in [6.45, 7) is 3.01. The molecular formula is C13H20N4O. The van der Waals surface area contributed by atoms with E-state index in [4.69, 9.17) is 10.9 Å². The summed E-state index contributed by atoms with van der Waals surface area (Å²) in [6.07, 6.45) is 6.58. The minimum atomic E-state index is 0.187. The molecule has 0 bridgehead atoms. The summed E-state index contributed by atoms with van der Waals surface area (Å²) in [4.78, 5) is 4.12. The lowest BCUT2D eigenvalue weighted by Crippen LogP contribution is -2.30. The molecule has 1 atom stereocenters. The van der Waals surface area contributed by atoms with Crippen LogP contribution in [0, 0.1) is 5.41 Å². The Morgan fingerprint density at radius 3 is 3.00 bits per heavy atom. The van der Waals surface area contributed by atoms with Gasteiger partial charge in [-0.1, -0.05) is 11.2 Å². The van der Waals surface area contributed by atoms with Gasteiger partial charge in [0.15, 0.2) is 0 Å². The van der Waals surface area contributed by atoms with Gasteiger partial charge in [-0.25, -0.2) is 0 Å². The molecule has 1 aliphatic carbocycles. The first-order valence-electron chi connectivity index (χ1n) is 6.25. The number of oxime groups is 1. The van der Waals surface area contributed by atoms with Crippen LogP contribution in [0.25, 0.3) is 0 Å². The topological polar surface area (TPSA) is 83.5 Å². The minimum absolute atomic E-state index is 0.187. The van der Waals surface area contributed by atoms with Gasteiger partial charge in [0, 0.05) is 31.4 Å². The fourth-order valence-electron chi connectivity index (χ4n) is 2.13. The lowest BCUT2D eigenvalue weighted by Gasteiger charge is -2.19. The van der Waals surface area contributed by atoms with Crippen LogP contribution in [0.15, 0.2) is 29.7 Å². The molecule has 0 amide bonds. The summed E-state index contributed by atoms with van der Waals surface area (Å²) in [5, 5.41) is 15.2. The number of hydrogen-bond acceptors (Lipinski definition) is 4. The molecule has 5 nitrogen and oxygen atoms in total. The Balaban J connectivity index is 1.85. The zero-order chi connectivity index (χ0) is 13.0. The SMILES string of the molecule is CC(NCC1(CC(N)=NO)CC1)c1cccnc1.